The number of rotatable bonds is 8. The fourth-order valence-electron chi connectivity index (χ4n) is 3.38. The Balaban J connectivity index is 2.28. The number of nitrogens with one attached hydrogen (secondary N) is 1. The third kappa shape index (κ3) is 6.58. The van der Waals surface area contributed by atoms with Crippen molar-refractivity contribution < 1.29 is 43.2 Å². The number of amides is 1. The standard InChI is InChI=1S/C23H32N2O9/c1-6-7-8-14-19(34-21(28)12(2)3)13(4)33-23(30)15(11-32-22(14)29)25-20(27)17-18(26)16(31-5)9-10-24-17/h9-10,12-15,19,26H,6-8,11H2,1-5H3,(H,25,27)/t13-,14+,15+,19-/m0/s1. The molecule has 4 atom stereocenters. The molecule has 1 aromatic rings. The number of hydrogen-bond donors (Lipinski definition) is 2. The van der Waals surface area contributed by atoms with E-state index in [2.05, 4.69) is 10.3 Å². The molecule has 1 aromatic heterocycles. The molecule has 0 unspecified atom stereocenters. The van der Waals surface area contributed by atoms with Crippen LogP contribution in [0.5, 0.6) is 11.5 Å². The minimum Gasteiger partial charge on any atom is -0.503 e. The van der Waals surface area contributed by atoms with Gasteiger partial charge in [0.15, 0.2) is 29.3 Å². The van der Waals surface area contributed by atoms with Gasteiger partial charge in [-0.3, -0.25) is 14.4 Å². The summed E-state index contributed by atoms with van der Waals surface area (Å²) in [4.78, 5) is 54.5. The molecule has 0 spiro atoms. The number of nitrogens with zero attached hydrogens (tertiary/aromatic N) is 1. The summed E-state index contributed by atoms with van der Waals surface area (Å²) >= 11 is 0. The summed E-state index contributed by atoms with van der Waals surface area (Å²) in [6, 6.07) is -0.0172. The van der Waals surface area contributed by atoms with E-state index in [9.17, 15) is 24.3 Å². The maximum Gasteiger partial charge on any atom is 0.332 e. The molecule has 0 saturated carbocycles. The Kier molecular flexibility index (Phi) is 9.64. The van der Waals surface area contributed by atoms with Gasteiger partial charge in [0.25, 0.3) is 5.91 Å². The molecule has 0 aliphatic carbocycles. The molecule has 0 aromatic carbocycles. The monoisotopic (exact) mass is 480 g/mol. The molecule has 2 N–H and O–H groups in total. The lowest BCUT2D eigenvalue weighted by molar-refractivity contribution is -0.177. The number of unbranched alkanes of at least 4 members (excludes halogenated alkanes) is 1. The minimum absolute atomic E-state index is 0.0193. The number of methoxy groups -OCH3 is 1. The lowest BCUT2D eigenvalue weighted by atomic mass is 9.92. The Morgan fingerprint density at radius 2 is 2.00 bits per heavy atom. The van der Waals surface area contributed by atoms with E-state index in [4.69, 9.17) is 18.9 Å². The number of pyridine rings is 1. The van der Waals surface area contributed by atoms with Crippen LogP contribution in [-0.2, 0) is 28.6 Å². The van der Waals surface area contributed by atoms with E-state index in [1.807, 2.05) is 6.92 Å². The highest BCUT2D eigenvalue weighted by atomic mass is 16.6. The topological polar surface area (TPSA) is 150 Å². The molecular weight excluding hydrogens is 448 g/mol. The molecule has 1 saturated heterocycles. The molecule has 11 heteroatoms. The molecule has 1 aliphatic heterocycles. The summed E-state index contributed by atoms with van der Waals surface area (Å²) < 4.78 is 21.3. The van der Waals surface area contributed by atoms with Crippen molar-refractivity contribution in [2.75, 3.05) is 13.7 Å². The summed E-state index contributed by atoms with van der Waals surface area (Å²) in [5, 5.41) is 12.5. The van der Waals surface area contributed by atoms with Crippen LogP contribution >= 0.6 is 0 Å². The van der Waals surface area contributed by atoms with Crippen LogP contribution in [0.3, 0.4) is 0 Å². The van der Waals surface area contributed by atoms with E-state index in [1.54, 1.807) is 13.8 Å². The van der Waals surface area contributed by atoms with Gasteiger partial charge in [-0.15, -0.1) is 0 Å². The van der Waals surface area contributed by atoms with Gasteiger partial charge in [0.2, 0.25) is 0 Å². The van der Waals surface area contributed by atoms with Crippen molar-refractivity contribution in [2.24, 2.45) is 11.8 Å². The Morgan fingerprint density at radius 1 is 1.29 bits per heavy atom. The number of aromatic hydroxyl groups is 1. The first-order valence-corrected chi connectivity index (χ1v) is 11.2. The lowest BCUT2D eigenvalue weighted by Gasteiger charge is -2.29. The van der Waals surface area contributed by atoms with Crippen molar-refractivity contribution in [3.8, 4) is 11.5 Å². The van der Waals surface area contributed by atoms with Crippen molar-refractivity contribution in [3.05, 3.63) is 18.0 Å². The molecule has 2 heterocycles. The van der Waals surface area contributed by atoms with Gasteiger partial charge in [0, 0.05) is 12.3 Å². The zero-order valence-corrected chi connectivity index (χ0v) is 20.0. The molecule has 0 radical (unpaired) electrons. The first-order chi connectivity index (χ1) is 16.1. The van der Waals surface area contributed by atoms with Crippen LogP contribution in [0, 0.1) is 11.8 Å². The molecule has 2 rings (SSSR count). The summed E-state index contributed by atoms with van der Waals surface area (Å²) in [5.41, 5.74) is -0.379. The van der Waals surface area contributed by atoms with Crippen molar-refractivity contribution in [1.82, 2.24) is 10.3 Å². The van der Waals surface area contributed by atoms with Crippen molar-refractivity contribution in [1.29, 1.82) is 0 Å². The van der Waals surface area contributed by atoms with E-state index in [0.29, 0.717) is 12.8 Å². The second-order valence-electron chi connectivity index (χ2n) is 8.31. The van der Waals surface area contributed by atoms with Gasteiger partial charge in [0.1, 0.15) is 12.7 Å². The number of ether oxygens (including phenoxy) is 4. The quantitative estimate of drug-likeness (QED) is 0.416. The molecule has 1 fully saturated rings. The van der Waals surface area contributed by atoms with Crippen molar-refractivity contribution >= 4 is 23.8 Å². The number of carbonyl (C=O) groups excluding carboxylic acids is 4. The highest BCUT2D eigenvalue weighted by Crippen LogP contribution is 2.28. The summed E-state index contributed by atoms with van der Waals surface area (Å²) in [6.45, 7) is 6.27. The number of aromatic nitrogens is 1. The van der Waals surface area contributed by atoms with Crippen LogP contribution in [0.2, 0.25) is 0 Å². The van der Waals surface area contributed by atoms with Crippen molar-refractivity contribution in [3.63, 3.8) is 0 Å². The number of esters is 3. The predicted octanol–water partition coefficient (Wildman–Crippen LogP) is 1.76. The van der Waals surface area contributed by atoms with Crippen LogP contribution in [0.15, 0.2) is 12.3 Å². The lowest BCUT2D eigenvalue weighted by Crippen LogP contribution is -2.46. The van der Waals surface area contributed by atoms with E-state index in [0.717, 1.165) is 6.42 Å². The zero-order chi connectivity index (χ0) is 25.4. The van der Waals surface area contributed by atoms with Crippen LogP contribution in [0.4, 0.5) is 0 Å². The Bertz CT molecular complexity index is 902. The largest absolute Gasteiger partial charge is 0.503 e. The van der Waals surface area contributed by atoms with Gasteiger partial charge in [-0.25, -0.2) is 9.78 Å². The third-order valence-electron chi connectivity index (χ3n) is 5.36. The fraction of sp³-hybridized carbons (Fsp3) is 0.609. The maximum absolute atomic E-state index is 12.9. The minimum atomic E-state index is -1.38. The SMILES string of the molecule is CCCC[C@H]1C(=O)OC[C@@H](NC(=O)c2nccc(OC)c2O)C(=O)O[C@@H](C)[C@@H]1OC(=O)C(C)C. The molecule has 11 nitrogen and oxygen atoms in total. The third-order valence-corrected chi connectivity index (χ3v) is 5.36. The highest BCUT2D eigenvalue weighted by molar-refractivity contribution is 5.98. The van der Waals surface area contributed by atoms with Gasteiger partial charge >= 0.3 is 17.9 Å². The normalized spacial score (nSPS) is 23.1. The summed E-state index contributed by atoms with van der Waals surface area (Å²) in [6.07, 6.45) is 1.05. The Morgan fingerprint density at radius 3 is 2.62 bits per heavy atom. The van der Waals surface area contributed by atoms with Gasteiger partial charge in [-0.2, -0.15) is 0 Å². The number of cyclic esters (lactones) is 2. The average Bonchev–Trinajstić information content (AvgIpc) is 2.83. The highest BCUT2D eigenvalue weighted by Gasteiger charge is 2.41. The Hall–Kier alpha value is -3.37. The van der Waals surface area contributed by atoms with E-state index >= 15 is 0 Å². The number of carbonyl (C=O) groups is 4. The fourth-order valence-corrected chi connectivity index (χ4v) is 3.38. The molecule has 34 heavy (non-hydrogen) atoms. The van der Waals surface area contributed by atoms with Crippen LogP contribution in [0.1, 0.15) is 57.4 Å². The van der Waals surface area contributed by atoms with Crippen LogP contribution in [0.25, 0.3) is 0 Å². The van der Waals surface area contributed by atoms with Crippen molar-refractivity contribution in [2.45, 2.75) is 65.2 Å². The second kappa shape index (κ2) is 12.2. The molecule has 1 aliphatic rings. The first kappa shape index (κ1) is 26.9. The maximum atomic E-state index is 12.9. The molecule has 1 amide bonds. The van der Waals surface area contributed by atoms with E-state index in [1.165, 1.54) is 26.3 Å². The van der Waals surface area contributed by atoms with Gasteiger partial charge < -0.3 is 29.4 Å². The van der Waals surface area contributed by atoms with Crippen LogP contribution < -0.4 is 10.1 Å². The Labute approximate surface area is 198 Å². The zero-order valence-electron chi connectivity index (χ0n) is 20.0. The molecule has 188 valence electrons. The van der Waals surface area contributed by atoms with E-state index in [-0.39, 0.29) is 11.4 Å². The van der Waals surface area contributed by atoms with Crippen LogP contribution in [-0.4, -0.2) is 65.9 Å². The van der Waals surface area contributed by atoms with Gasteiger partial charge in [-0.05, 0) is 13.3 Å². The van der Waals surface area contributed by atoms with Gasteiger partial charge in [-0.1, -0.05) is 33.6 Å². The summed E-state index contributed by atoms with van der Waals surface area (Å²) in [7, 11) is 1.31. The molecule has 0 bridgehead atoms. The van der Waals surface area contributed by atoms with Gasteiger partial charge in [0.05, 0.1) is 18.9 Å². The smallest absolute Gasteiger partial charge is 0.332 e. The predicted molar refractivity (Wildman–Crippen MR) is 118 cm³/mol. The van der Waals surface area contributed by atoms with E-state index < -0.39 is 66.3 Å². The summed E-state index contributed by atoms with van der Waals surface area (Å²) in [5.74, 6) is -4.77. The first-order valence-electron chi connectivity index (χ1n) is 11.2. The molecular formula is C23H32N2O9. The average molecular weight is 481 g/mol. The second-order valence-corrected chi connectivity index (χ2v) is 8.31. The number of hydrogen-bond acceptors (Lipinski definition) is 10.